The quantitative estimate of drug-likeness (QED) is 0.436. The van der Waals surface area contributed by atoms with Crippen molar-refractivity contribution in [2.75, 3.05) is 32.1 Å². The van der Waals surface area contributed by atoms with Crippen LogP contribution in [0.3, 0.4) is 0 Å². The maximum absolute atomic E-state index is 11.5. The van der Waals surface area contributed by atoms with E-state index in [4.69, 9.17) is 9.73 Å². The predicted molar refractivity (Wildman–Crippen MR) is 130 cm³/mol. The summed E-state index contributed by atoms with van der Waals surface area (Å²) in [5.74, 6) is 1.34. The number of ether oxygens (including phenoxy) is 1. The minimum absolute atomic E-state index is 0.127. The summed E-state index contributed by atoms with van der Waals surface area (Å²) in [6, 6.07) is 16.8. The van der Waals surface area contributed by atoms with Crippen LogP contribution >= 0.6 is 0 Å². The molecule has 0 spiro atoms. The monoisotopic (exact) mass is 437 g/mol. The normalized spacial score (nSPS) is 15.3. The van der Waals surface area contributed by atoms with Gasteiger partial charge in [-0.2, -0.15) is 0 Å². The maximum Gasteiger partial charge on any atom is 0.221 e. The second kappa shape index (κ2) is 12.1. The summed E-state index contributed by atoms with van der Waals surface area (Å²) in [6.07, 6.45) is 2.18. The summed E-state index contributed by atoms with van der Waals surface area (Å²) in [5, 5.41) is 9.77. The highest BCUT2D eigenvalue weighted by atomic mass is 16.5. The van der Waals surface area contributed by atoms with Crippen LogP contribution in [0.5, 0.6) is 5.75 Å². The Kier molecular flexibility index (Phi) is 8.92. The minimum Gasteiger partial charge on any atom is -0.495 e. The van der Waals surface area contributed by atoms with Crippen LogP contribution in [0.2, 0.25) is 0 Å². The molecule has 7 heteroatoms. The Morgan fingerprint density at radius 1 is 1.12 bits per heavy atom. The first-order valence-electron chi connectivity index (χ1n) is 11.3. The SMILES string of the molecule is CCNC(=NCc1ccc(OC)c(NC(C)=O)c1)NC1CCN(Cc2ccccc2)CC1. The number of hydrogen-bond acceptors (Lipinski definition) is 4. The third-order valence-electron chi connectivity index (χ3n) is 5.52. The Bertz CT molecular complexity index is 892. The van der Waals surface area contributed by atoms with Gasteiger partial charge in [0, 0.05) is 39.1 Å². The fraction of sp³-hybridized carbons (Fsp3) is 0.440. The molecule has 0 radical (unpaired) electrons. The zero-order valence-corrected chi connectivity index (χ0v) is 19.4. The van der Waals surface area contributed by atoms with E-state index >= 15 is 0 Å². The molecule has 0 unspecified atom stereocenters. The van der Waals surface area contributed by atoms with E-state index in [1.165, 1.54) is 12.5 Å². The molecule has 3 N–H and O–H groups in total. The Hall–Kier alpha value is -3.06. The molecule has 0 saturated carbocycles. The molecule has 0 bridgehead atoms. The van der Waals surface area contributed by atoms with E-state index in [-0.39, 0.29) is 5.91 Å². The van der Waals surface area contributed by atoms with Crippen LogP contribution in [-0.2, 0) is 17.9 Å². The zero-order chi connectivity index (χ0) is 22.8. The van der Waals surface area contributed by atoms with Crippen molar-refractivity contribution in [2.45, 2.75) is 45.8 Å². The smallest absolute Gasteiger partial charge is 0.221 e. The molecule has 1 aliphatic rings. The lowest BCUT2D eigenvalue weighted by molar-refractivity contribution is -0.114. The fourth-order valence-corrected chi connectivity index (χ4v) is 3.90. The third kappa shape index (κ3) is 7.27. The van der Waals surface area contributed by atoms with Crippen LogP contribution in [0.25, 0.3) is 0 Å². The molecule has 0 aromatic heterocycles. The molecule has 7 nitrogen and oxygen atoms in total. The van der Waals surface area contributed by atoms with E-state index in [2.05, 4.69) is 58.1 Å². The number of hydrogen-bond donors (Lipinski definition) is 3. The second-order valence-electron chi connectivity index (χ2n) is 8.09. The highest BCUT2D eigenvalue weighted by Crippen LogP contribution is 2.25. The second-order valence-corrected chi connectivity index (χ2v) is 8.09. The summed E-state index contributed by atoms with van der Waals surface area (Å²) in [6.45, 7) is 8.03. The number of rotatable bonds is 8. The van der Waals surface area contributed by atoms with Gasteiger partial charge in [-0.15, -0.1) is 0 Å². The topological polar surface area (TPSA) is 78.0 Å². The number of guanidine groups is 1. The molecule has 3 rings (SSSR count). The molecule has 0 aliphatic carbocycles. The number of anilines is 1. The Labute approximate surface area is 191 Å². The molecule has 1 fully saturated rings. The van der Waals surface area contributed by atoms with E-state index in [0.29, 0.717) is 24.0 Å². The number of nitrogens with zero attached hydrogens (tertiary/aromatic N) is 2. The number of piperidine rings is 1. The van der Waals surface area contributed by atoms with Crippen molar-refractivity contribution in [3.63, 3.8) is 0 Å². The minimum atomic E-state index is -0.127. The van der Waals surface area contributed by atoms with Gasteiger partial charge in [-0.25, -0.2) is 4.99 Å². The van der Waals surface area contributed by atoms with E-state index in [1.54, 1.807) is 7.11 Å². The number of benzene rings is 2. The molecule has 32 heavy (non-hydrogen) atoms. The first-order valence-corrected chi connectivity index (χ1v) is 11.3. The first kappa shape index (κ1) is 23.6. The molecule has 2 aromatic rings. The Morgan fingerprint density at radius 3 is 2.53 bits per heavy atom. The standard InChI is InChI=1S/C25H35N5O2/c1-4-26-25(27-17-21-10-11-24(32-3)23(16-21)28-19(2)31)29-22-12-14-30(15-13-22)18-20-8-6-5-7-9-20/h5-11,16,22H,4,12-15,17-18H2,1-3H3,(H,28,31)(H2,26,27,29). The summed E-state index contributed by atoms with van der Waals surface area (Å²) >= 11 is 0. The number of likely N-dealkylation sites (tertiary alicyclic amines) is 1. The van der Waals surface area contributed by atoms with Crippen LogP contribution in [0.1, 0.15) is 37.8 Å². The molecule has 172 valence electrons. The number of amides is 1. The number of carbonyl (C=O) groups excluding carboxylic acids is 1. The van der Waals surface area contributed by atoms with Gasteiger partial charge >= 0.3 is 0 Å². The van der Waals surface area contributed by atoms with E-state index < -0.39 is 0 Å². The summed E-state index contributed by atoms with van der Waals surface area (Å²) in [7, 11) is 1.59. The van der Waals surface area contributed by atoms with Gasteiger partial charge in [-0.05, 0) is 43.0 Å². The molecular formula is C25H35N5O2. The number of carbonyl (C=O) groups is 1. The maximum atomic E-state index is 11.5. The summed E-state index contributed by atoms with van der Waals surface area (Å²) in [4.78, 5) is 18.8. The fourth-order valence-electron chi connectivity index (χ4n) is 3.90. The Morgan fingerprint density at radius 2 is 1.88 bits per heavy atom. The van der Waals surface area contributed by atoms with Gasteiger partial charge in [0.05, 0.1) is 19.3 Å². The molecule has 1 amide bonds. The lowest BCUT2D eigenvalue weighted by Gasteiger charge is -2.33. The summed E-state index contributed by atoms with van der Waals surface area (Å²) < 4.78 is 5.33. The van der Waals surface area contributed by atoms with E-state index in [9.17, 15) is 4.79 Å². The van der Waals surface area contributed by atoms with Gasteiger partial charge < -0.3 is 20.7 Å². The van der Waals surface area contributed by atoms with Crippen LogP contribution in [-0.4, -0.2) is 49.6 Å². The van der Waals surface area contributed by atoms with Crippen LogP contribution < -0.4 is 20.7 Å². The average molecular weight is 438 g/mol. The molecule has 1 heterocycles. The Balaban J connectivity index is 1.56. The van der Waals surface area contributed by atoms with E-state index in [1.807, 2.05) is 18.2 Å². The molecule has 1 aliphatic heterocycles. The average Bonchev–Trinajstić information content (AvgIpc) is 2.79. The molecule has 1 saturated heterocycles. The van der Waals surface area contributed by atoms with Gasteiger partial charge in [0.1, 0.15) is 5.75 Å². The van der Waals surface area contributed by atoms with Crippen molar-refractivity contribution in [3.05, 3.63) is 59.7 Å². The van der Waals surface area contributed by atoms with Gasteiger partial charge in [0.25, 0.3) is 0 Å². The lowest BCUT2D eigenvalue weighted by Crippen LogP contribution is -2.48. The number of aliphatic imine (C=N–C) groups is 1. The zero-order valence-electron chi connectivity index (χ0n) is 19.4. The predicted octanol–water partition coefficient (Wildman–Crippen LogP) is 3.37. The highest BCUT2D eigenvalue weighted by molar-refractivity contribution is 5.90. The van der Waals surface area contributed by atoms with Gasteiger partial charge in [0.2, 0.25) is 5.91 Å². The van der Waals surface area contributed by atoms with Gasteiger partial charge in [-0.3, -0.25) is 9.69 Å². The molecule has 0 atom stereocenters. The van der Waals surface area contributed by atoms with Crippen LogP contribution in [0.4, 0.5) is 5.69 Å². The number of methoxy groups -OCH3 is 1. The van der Waals surface area contributed by atoms with Crippen LogP contribution in [0.15, 0.2) is 53.5 Å². The largest absolute Gasteiger partial charge is 0.495 e. The van der Waals surface area contributed by atoms with Crippen molar-refractivity contribution in [1.29, 1.82) is 0 Å². The van der Waals surface area contributed by atoms with Crippen LogP contribution in [0, 0.1) is 0 Å². The van der Waals surface area contributed by atoms with Crippen molar-refractivity contribution in [1.82, 2.24) is 15.5 Å². The summed E-state index contributed by atoms with van der Waals surface area (Å²) in [5.41, 5.74) is 3.04. The number of nitrogens with one attached hydrogen (secondary N) is 3. The van der Waals surface area contributed by atoms with E-state index in [0.717, 1.165) is 50.5 Å². The van der Waals surface area contributed by atoms with Crippen molar-refractivity contribution >= 4 is 17.6 Å². The van der Waals surface area contributed by atoms with Crippen molar-refractivity contribution in [3.8, 4) is 5.75 Å². The van der Waals surface area contributed by atoms with Crippen molar-refractivity contribution < 1.29 is 9.53 Å². The van der Waals surface area contributed by atoms with Crippen molar-refractivity contribution in [2.24, 2.45) is 4.99 Å². The third-order valence-corrected chi connectivity index (χ3v) is 5.52. The van der Waals surface area contributed by atoms with Gasteiger partial charge in [-0.1, -0.05) is 36.4 Å². The molecular weight excluding hydrogens is 402 g/mol. The van der Waals surface area contributed by atoms with Gasteiger partial charge in [0.15, 0.2) is 5.96 Å². The molecule has 2 aromatic carbocycles. The lowest BCUT2D eigenvalue weighted by atomic mass is 10.0. The highest BCUT2D eigenvalue weighted by Gasteiger charge is 2.20. The first-order chi connectivity index (χ1) is 15.6.